The maximum Gasteiger partial charge on any atom is 0.0753 e. The second kappa shape index (κ2) is 6.86. The predicted molar refractivity (Wildman–Crippen MR) is 80.5 cm³/mol. The fraction of sp³-hybridized carbons (Fsp3) is 0.600. The Balaban J connectivity index is 2.51. The summed E-state index contributed by atoms with van der Waals surface area (Å²) < 4.78 is 2.63. The Morgan fingerprint density at radius 1 is 1.50 bits per heavy atom. The largest absolute Gasteiger partial charge is 0.122 e. The van der Waals surface area contributed by atoms with E-state index >= 15 is 0 Å². The van der Waals surface area contributed by atoms with E-state index in [1.807, 2.05) is 11.3 Å². The highest BCUT2D eigenvalue weighted by molar-refractivity contribution is 14.1. The molecule has 0 spiro atoms. The van der Waals surface area contributed by atoms with Crippen molar-refractivity contribution < 1.29 is 0 Å². The number of rotatable bonds is 5. The molecular weight excluding hydrogens is 439 g/mol. The standard InChI is InChI=1S/C10H13Br2IS/c1-2-3-4-5-8(11)7-6-9(13)14-10(7)12/h6,8H,2-5H2,1H3. The van der Waals surface area contributed by atoms with Gasteiger partial charge in [0.15, 0.2) is 0 Å². The number of thiophene rings is 1. The highest BCUT2D eigenvalue weighted by Crippen LogP contribution is 2.39. The molecule has 0 aliphatic heterocycles. The van der Waals surface area contributed by atoms with Crippen LogP contribution in [-0.4, -0.2) is 0 Å². The van der Waals surface area contributed by atoms with Gasteiger partial charge in [-0.15, -0.1) is 11.3 Å². The smallest absolute Gasteiger partial charge is 0.0753 e. The summed E-state index contributed by atoms with van der Waals surface area (Å²) in [6, 6.07) is 2.26. The van der Waals surface area contributed by atoms with Gasteiger partial charge in [0.1, 0.15) is 0 Å². The average Bonchev–Trinajstić information content (AvgIpc) is 2.45. The van der Waals surface area contributed by atoms with E-state index in [9.17, 15) is 0 Å². The molecule has 80 valence electrons. The van der Waals surface area contributed by atoms with Crippen molar-refractivity contribution in [3.63, 3.8) is 0 Å². The number of hydrogen-bond acceptors (Lipinski definition) is 1. The van der Waals surface area contributed by atoms with E-state index in [2.05, 4.69) is 67.4 Å². The maximum absolute atomic E-state index is 3.75. The first-order chi connectivity index (χ1) is 6.65. The van der Waals surface area contributed by atoms with Crippen LogP contribution in [0.15, 0.2) is 9.85 Å². The molecule has 0 saturated carbocycles. The maximum atomic E-state index is 3.75. The molecule has 1 rings (SSSR count). The van der Waals surface area contributed by atoms with Crippen LogP contribution in [0.1, 0.15) is 43.0 Å². The molecule has 0 fully saturated rings. The van der Waals surface area contributed by atoms with Crippen molar-refractivity contribution in [3.8, 4) is 0 Å². The summed E-state index contributed by atoms with van der Waals surface area (Å²) in [5, 5.41) is 0. The molecule has 0 aliphatic rings. The van der Waals surface area contributed by atoms with E-state index in [1.54, 1.807) is 0 Å². The zero-order chi connectivity index (χ0) is 10.6. The first-order valence-electron chi connectivity index (χ1n) is 4.74. The Hall–Kier alpha value is 1.39. The zero-order valence-electron chi connectivity index (χ0n) is 8.03. The van der Waals surface area contributed by atoms with Gasteiger partial charge in [0, 0.05) is 4.83 Å². The summed E-state index contributed by atoms with van der Waals surface area (Å²) >= 11 is 11.5. The van der Waals surface area contributed by atoms with E-state index in [4.69, 9.17) is 0 Å². The Labute approximate surface area is 120 Å². The summed E-state index contributed by atoms with van der Waals surface area (Å²) in [7, 11) is 0. The van der Waals surface area contributed by atoms with Gasteiger partial charge in [-0.25, -0.2) is 0 Å². The first kappa shape index (κ1) is 13.5. The lowest BCUT2D eigenvalue weighted by molar-refractivity contribution is 0.664. The predicted octanol–water partition coefficient (Wildman–Crippen LogP) is 6.13. The molecule has 0 aromatic carbocycles. The molecule has 0 aliphatic carbocycles. The summed E-state index contributed by atoms with van der Waals surface area (Å²) in [5.74, 6) is 0. The number of halogens is 3. The van der Waals surface area contributed by atoms with E-state index in [0.29, 0.717) is 4.83 Å². The summed E-state index contributed by atoms with van der Waals surface area (Å²) in [6.45, 7) is 2.24. The summed E-state index contributed by atoms with van der Waals surface area (Å²) in [6.07, 6.45) is 5.17. The van der Waals surface area contributed by atoms with Crippen LogP contribution in [0.2, 0.25) is 0 Å². The highest BCUT2D eigenvalue weighted by Gasteiger charge is 2.13. The Morgan fingerprint density at radius 2 is 2.21 bits per heavy atom. The van der Waals surface area contributed by atoms with Crippen LogP contribution in [0.4, 0.5) is 0 Å². The molecule has 4 heteroatoms. The molecular formula is C10H13Br2IS. The Morgan fingerprint density at radius 3 is 2.71 bits per heavy atom. The second-order valence-electron chi connectivity index (χ2n) is 3.24. The van der Waals surface area contributed by atoms with Gasteiger partial charge in [-0.3, -0.25) is 0 Å². The molecule has 1 aromatic rings. The summed E-state index contributed by atoms with van der Waals surface area (Å²) in [4.78, 5) is 0.517. The number of alkyl halides is 1. The minimum atomic E-state index is 0.517. The van der Waals surface area contributed by atoms with Crippen molar-refractivity contribution in [2.75, 3.05) is 0 Å². The van der Waals surface area contributed by atoms with Crippen LogP contribution in [-0.2, 0) is 0 Å². The molecule has 0 amide bonds. The normalized spacial score (nSPS) is 13.1. The van der Waals surface area contributed by atoms with Crippen molar-refractivity contribution in [2.24, 2.45) is 0 Å². The van der Waals surface area contributed by atoms with Gasteiger partial charge in [0.25, 0.3) is 0 Å². The lowest BCUT2D eigenvalue weighted by Crippen LogP contribution is -1.88. The van der Waals surface area contributed by atoms with Crippen LogP contribution >= 0.6 is 65.8 Å². The van der Waals surface area contributed by atoms with Gasteiger partial charge in [-0.05, 0) is 56.6 Å². The molecule has 0 saturated heterocycles. The lowest BCUT2D eigenvalue weighted by Gasteiger charge is -2.07. The zero-order valence-corrected chi connectivity index (χ0v) is 14.2. The van der Waals surface area contributed by atoms with E-state index in [-0.39, 0.29) is 0 Å². The fourth-order valence-corrected chi connectivity index (χ4v) is 5.93. The molecule has 0 radical (unpaired) electrons. The van der Waals surface area contributed by atoms with Gasteiger partial charge in [0.05, 0.1) is 6.67 Å². The van der Waals surface area contributed by atoms with Gasteiger partial charge in [0.2, 0.25) is 0 Å². The molecule has 1 aromatic heterocycles. The number of hydrogen-bond donors (Lipinski definition) is 0. The third-order valence-electron chi connectivity index (χ3n) is 2.08. The van der Waals surface area contributed by atoms with E-state index < -0.39 is 0 Å². The Bertz CT molecular complexity index is 286. The minimum absolute atomic E-state index is 0.517. The molecule has 1 unspecified atom stereocenters. The van der Waals surface area contributed by atoms with Gasteiger partial charge < -0.3 is 0 Å². The molecule has 14 heavy (non-hydrogen) atoms. The number of unbranched alkanes of at least 4 members (excludes halogenated alkanes) is 2. The molecule has 0 N–H and O–H groups in total. The second-order valence-corrected chi connectivity index (χ2v) is 8.61. The lowest BCUT2D eigenvalue weighted by atomic mass is 10.1. The average molecular weight is 452 g/mol. The van der Waals surface area contributed by atoms with Gasteiger partial charge in [-0.1, -0.05) is 42.1 Å². The topological polar surface area (TPSA) is 0 Å². The van der Waals surface area contributed by atoms with Crippen molar-refractivity contribution in [2.45, 2.75) is 37.4 Å². The first-order valence-corrected chi connectivity index (χ1v) is 8.34. The monoisotopic (exact) mass is 450 g/mol. The highest BCUT2D eigenvalue weighted by atomic mass is 127. The third kappa shape index (κ3) is 4.10. The van der Waals surface area contributed by atoms with Crippen LogP contribution in [0.3, 0.4) is 0 Å². The van der Waals surface area contributed by atoms with Crippen LogP contribution in [0.5, 0.6) is 0 Å². The van der Waals surface area contributed by atoms with Crippen molar-refractivity contribution >= 4 is 65.8 Å². The van der Waals surface area contributed by atoms with Crippen molar-refractivity contribution in [3.05, 3.63) is 18.3 Å². The van der Waals surface area contributed by atoms with Crippen LogP contribution in [0.25, 0.3) is 0 Å². The van der Waals surface area contributed by atoms with Gasteiger partial charge in [-0.2, -0.15) is 0 Å². The molecule has 0 bridgehead atoms. The van der Waals surface area contributed by atoms with E-state index in [1.165, 1.54) is 37.9 Å². The van der Waals surface area contributed by atoms with Crippen LogP contribution < -0.4 is 0 Å². The van der Waals surface area contributed by atoms with Crippen molar-refractivity contribution in [1.29, 1.82) is 0 Å². The molecule has 1 atom stereocenters. The third-order valence-corrected chi connectivity index (χ3v) is 5.68. The molecule has 0 nitrogen and oxygen atoms in total. The summed E-state index contributed by atoms with van der Waals surface area (Å²) in [5.41, 5.74) is 1.41. The van der Waals surface area contributed by atoms with E-state index in [0.717, 1.165) is 0 Å². The minimum Gasteiger partial charge on any atom is -0.122 e. The fourth-order valence-electron chi connectivity index (χ4n) is 1.30. The van der Waals surface area contributed by atoms with Crippen LogP contribution in [0, 0.1) is 2.88 Å². The molecule has 1 heterocycles. The van der Waals surface area contributed by atoms with Gasteiger partial charge >= 0.3 is 0 Å². The SMILES string of the molecule is CCCCCC(Br)c1cc(I)sc1Br. The Kier molecular flexibility index (Phi) is 6.60. The quantitative estimate of drug-likeness (QED) is 0.287. The van der Waals surface area contributed by atoms with Crippen molar-refractivity contribution in [1.82, 2.24) is 0 Å².